The van der Waals surface area contributed by atoms with Crippen molar-refractivity contribution in [1.29, 1.82) is 0 Å². The number of aryl methyl sites for hydroxylation is 1. The topological polar surface area (TPSA) is 49.6 Å². The lowest BCUT2D eigenvalue weighted by atomic mass is 10.0. The van der Waals surface area contributed by atoms with Crippen LogP contribution in [0.4, 0.5) is 10.1 Å². The Kier molecular flexibility index (Phi) is 4.62. The number of anilines is 1. The average molecular weight is 365 g/mol. The number of halogens is 1. The first-order valence-electron chi connectivity index (χ1n) is 8.95. The number of piperazine rings is 1. The van der Waals surface area contributed by atoms with Gasteiger partial charge in [0.2, 0.25) is 0 Å². The number of carbonyl (C=O) groups is 1. The Labute approximate surface area is 157 Å². The normalized spacial score (nSPS) is 14.4. The predicted molar refractivity (Wildman–Crippen MR) is 101 cm³/mol. The SMILES string of the molecule is Cc1onc(-c2ccccc2)c1C(=O)N1CCN(c2ccc(F)cc2)CC1. The van der Waals surface area contributed by atoms with E-state index in [4.69, 9.17) is 4.52 Å². The van der Waals surface area contributed by atoms with Gasteiger partial charge in [-0.15, -0.1) is 0 Å². The summed E-state index contributed by atoms with van der Waals surface area (Å²) >= 11 is 0. The van der Waals surface area contributed by atoms with Crippen molar-refractivity contribution in [1.82, 2.24) is 10.1 Å². The summed E-state index contributed by atoms with van der Waals surface area (Å²) in [6.07, 6.45) is 0. The van der Waals surface area contributed by atoms with Crippen LogP contribution in [0.3, 0.4) is 0 Å². The minimum atomic E-state index is -0.246. The summed E-state index contributed by atoms with van der Waals surface area (Å²) in [4.78, 5) is 17.1. The van der Waals surface area contributed by atoms with Gasteiger partial charge >= 0.3 is 0 Å². The third-order valence-corrected chi connectivity index (χ3v) is 4.88. The lowest BCUT2D eigenvalue weighted by molar-refractivity contribution is 0.0745. The molecular weight excluding hydrogens is 345 g/mol. The third-order valence-electron chi connectivity index (χ3n) is 4.88. The van der Waals surface area contributed by atoms with E-state index >= 15 is 0 Å². The highest BCUT2D eigenvalue weighted by Crippen LogP contribution is 2.27. The lowest BCUT2D eigenvalue weighted by Crippen LogP contribution is -2.49. The molecule has 1 amide bonds. The second-order valence-corrected chi connectivity index (χ2v) is 6.58. The fraction of sp³-hybridized carbons (Fsp3) is 0.238. The van der Waals surface area contributed by atoms with E-state index in [1.165, 1.54) is 12.1 Å². The molecule has 0 unspecified atom stereocenters. The molecule has 0 spiro atoms. The largest absolute Gasteiger partial charge is 0.368 e. The molecule has 1 aliphatic rings. The summed E-state index contributed by atoms with van der Waals surface area (Å²) in [6, 6.07) is 16.0. The highest BCUT2D eigenvalue weighted by atomic mass is 19.1. The standard InChI is InChI=1S/C21H20FN3O2/c1-15-19(20(23-27-15)16-5-3-2-4-6-16)21(26)25-13-11-24(12-14-25)18-9-7-17(22)8-10-18/h2-10H,11-14H2,1H3. The molecule has 4 rings (SSSR count). The quantitative estimate of drug-likeness (QED) is 0.709. The molecule has 5 nitrogen and oxygen atoms in total. The van der Waals surface area contributed by atoms with Gasteiger partial charge in [0.15, 0.2) is 0 Å². The van der Waals surface area contributed by atoms with Crippen LogP contribution in [-0.2, 0) is 0 Å². The minimum absolute atomic E-state index is 0.0636. The van der Waals surface area contributed by atoms with E-state index in [1.807, 2.05) is 35.2 Å². The first-order valence-corrected chi connectivity index (χ1v) is 8.95. The fourth-order valence-corrected chi connectivity index (χ4v) is 3.39. The zero-order valence-electron chi connectivity index (χ0n) is 15.1. The Morgan fingerprint density at radius 2 is 1.67 bits per heavy atom. The van der Waals surface area contributed by atoms with E-state index in [-0.39, 0.29) is 11.7 Å². The first kappa shape index (κ1) is 17.3. The van der Waals surface area contributed by atoms with E-state index in [9.17, 15) is 9.18 Å². The van der Waals surface area contributed by atoms with Gasteiger partial charge in [-0.05, 0) is 31.2 Å². The molecule has 0 radical (unpaired) electrons. The van der Waals surface area contributed by atoms with Crippen molar-refractivity contribution < 1.29 is 13.7 Å². The first-order chi connectivity index (χ1) is 13.1. The summed E-state index contributed by atoms with van der Waals surface area (Å²) in [6.45, 7) is 4.34. The Morgan fingerprint density at radius 3 is 2.33 bits per heavy atom. The number of hydrogen-bond acceptors (Lipinski definition) is 4. The van der Waals surface area contributed by atoms with Gasteiger partial charge < -0.3 is 14.3 Å². The molecular formula is C21H20FN3O2. The number of hydrogen-bond donors (Lipinski definition) is 0. The Hall–Kier alpha value is -3.15. The summed E-state index contributed by atoms with van der Waals surface area (Å²) < 4.78 is 18.4. The van der Waals surface area contributed by atoms with Crippen LogP contribution in [0.1, 0.15) is 16.1 Å². The second kappa shape index (κ2) is 7.23. The maximum atomic E-state index is 13.1. The molecule has 1 fully saturated rings. The van der Waals surface area contributed by atoms with Crippen molar-refractivity contribution in [3.05, 3.63) is 71.7 Å². The van der Waals surface area contributed by atoms with Crippen LogP contribution in [0.5, 0.6) is 0 Å². The lowest BCUT2D eigenvalue weighted by Gasteiger charge is -2.36. The van der Waals surface area contributed by atoms with Gasteiger partial charge in [-0.2, -0.15) is 0 Å². The molecule has 2 aromatic carbocycles. The third kappa shape index (κ3) is 3.43. The Morgan fingerprint density at radius 1 is 1.00 bits per heavy atom. The van der Waals surface area contributed by atoms with Gasteiger partial charge in [-0.1, -0.05) is 35.5 Å². The fourth-order valence-electron chi connectivity index (χ4n) is 3.39. The van der Waals surface area contributed by atoms with Crippen LogP contribution in [0.2, 0.25) is 0 Å². The number of amides is 1. The van der Waals surface area contributed by atoms with E-state index in [1.54, 1.807) is 19.1 Å². The van der Waals surface area contributed by atoms with Crippen molar-refractivity contribution in [3.63, 3.8) is 0 Å². The molecule has 1 aromatic heterocycles. The zero-order chi connectivity index (χ0) is 18.8. The number of nitrogens with zero attached hydrogens (tertiary/aromatic N) is 3. The molecule has 138 valence electrons. The van der Waals surface area contributed by atoms with Crippen molar-refractivity contribution in [2.75, 3.05) is 31.1 Å². The molecule has 0 N–H and O–H groups in total. The van der Waals surface area contributed by atoms with Crippen molar-refractivity contribution in [3.8, 4) is 11.3 Å². The van der Waals surface area contributed by atoms with Crippen LogP contribution >= 0.6 is 0 Å². The summed E-state index contributed by atoms with van der Waals surface area (Å²) in [5, 5.41) is 4.10. The highest BCUT2D eigenvalue weighted by molar-refractivity contribution is 6.00. The maximum absolute atomic E-state index is 13.1. The molecule has 0 atom stereocenters. The Bertz CT molecular complexity index is 930. The average Bonchev–Trinajstić information content (AvgIpc) is 3.10. The molecule has 2 heterocycles. The minimum Gasteiger partial charge on any atom is -0.368 e. The van der Waals surface area contributed by atoms with Crippen molar-refractivity contribution in [2.45, 2.75) is 6.92 Å². The molecule has 1 aliphatic heterocycles. The molecule has 0 bridgehead atoms. The molecule has 0 saturated carbocycles. The van der Waals surface area contributed by atoms with Crippen LogP contribution < -0.4 is 4.90 Å². The van der Waals surface area contributed by atoms with Crippen LogP contribution in [0, 0.1) is 12.7 Å². The second-order valence-electron chi connectivity index (χ2n) is 6.58. The van der Waals surface area contributed by atoms with Crippen LogP contribution in [-0.4, -0.2) is 42.1 Å². The summed E-state index contributed by atoms with van der Waals surface area (Å²) in [5.41, 5.74) is 2.94. The molecule has 6 heteroatoms. The molecule has 27 heavy (non-hydrogen) atoms. The summed E-state index contributed by atoms with van der Waals surface area (Å²) in [5.74, 6) is 0.218. The van der Waals surface area contributed by atoms with Gasteiger partial charge in [0.25, 0.3) is 5.91 Å². The molecule has 1 saturated heterocycles. The van der Waals surface area contributed by atoms with Crippen LogP contribution in [0.25, 0.3) is 11.3 Å². The molecule has 3 aromatic rings. The van der Waals surface area contributed by atoms with Gasteiger partial charge in [-0.25, -0.2) is 4.39 Å². The molecule has 0 aliphatic carbocycles. The van der Waals surface area contributed by atoms with E-state index in [0.717, 1.165) is 11.3 Å². The van der Waals surface area contributed by atoms with Gasteiger partial charge in [0.05, 0.1) is 0 Å². The highest BCUT2D eigenvalue weighted by Gasteiger charge is 2.28. The summed E-state index contributed by atoms with van der Waals surface area (Å²) in [7, 11) is 0. The predicted octanol–water partition coefficient (Wildman–Crippen LogP) is 3.75. The number of carbonyl (C=O) groups excluding carboxylic acids is 1. The monoisotopic (exact) mass is 365 g/mol. The van der Waals surface area contributed by atoms with E-state index in [2.05, 4.69) is 10.1 Å². The zero-order valence-corrected chi connectivity index (χ0v) is 15.1. The van der Waals surface area contributed by atoms with Crippen molar-refractivity contribution >= 4 is 11.6 Å². The Balaban J connectivity index is 1.50. The van der Waals surface area contributed by atoms with Gasteiger partial charge in [-0.3, -0.25) is 4.79 Å². The smallest absolute Gasteiger partial charge is 0.259 e. The number of benzene rings is 2. The van der Waals surface area contributed by atoms with Crippen LogP contribution in [0.15, 0.2) is 59.1 Å². The maximum Gasteiger partial charge on any atom is 0.259 e. The number of aromatic nitrogens is 1. The van der Waals surface area contributed by atoms with Crippen molar-refractivity contribution in [2.24, 2.45) is 0 Å². The van der Waals surface area contributed by atoms with E-state index in [0.29, 0.717) is 43.2 Å². The number of rotatable bonds is 3. The van der Waals surface area contributed by atoms with Gasteiger partial charge in [0, 0.05) is 37.4 Å². The van der Waals surface area contributed by atoms with E-state index < -0.39 is 0 Å². The van der Waals surface area contributed by atoms with Gasteiger partial charge in [0.1, 0.15) is 22.8 Å².